The molecule has 3 nitrogen and oxygen atoms in total. The summed E-state index contributed by atoms with van der Waals surface area (Å²) in [7, 11) is 2.19. The highest BCUT2D eigenvalue weighted by molar-refractivity contribution is 9.10. The van der Waals surface area contributed by atoms with Crippen molar-refractivity contribution in [1.29, 1.82) is 0 Å². The summed E-state index contributed by atoms with van der Waals surface area (Å²) in [5.41, 5.74) is 8.38. The number of rotatable bonds is 2. The van der Waals surface area contributed by atoms with E-state index < -0.39 is 0 Å². The molecule has 4 heteroatoms. The summed E-state index contributed by atoms with van der Waals surface area (Å²) >= 11 is 3.68. The molecule has 2 rings (SSSR count). The Hall–Kier alpha value is -0.580. The van der Waals surface area contributed by atoms with Crippen LogP contribution in [0, 0.1) is 0 Å². The largest absolute Gasteiger partial charge is 0.369 e. The minimum Gasteiger partial charge on any atom is -0.369 e. The van der Waals surface area contributed by atoms with Gasteiger partial charge in [0.1, 0.15) is 0 Å². The van der Waals surface area contributed by atoms with E-state index in [1.165, 1.54) is 24.2 Å². The number of nitrogens with zero attached hydrogens (tertiary/aromatic N) is 2. The highest BCUT2D eigenvalue weighted by Gasteiger charge is 2.15. The Labute approximate surface area is 118 Å². The molecule has 1 aromatic carbocycles. The van der Waals surface area contributed by atoms with Crippen LogP contribution >= 0.6 is 15.9 Å². The molecule has 1 heterocycles. The number of likely N-dealkylation sites (N-methyl/N-ethyl adjacent to an activating group) is 1. The fraction of sp³-hybridized carbons (Fsp3) is 0.571. The molecule has 0 radical (unpaired) electrons. The van der Waals surface area contributed by atoms with Gasteiger partial charge in [-0.05, 0) is 60.6 Å². The van der Waals surface area contributed by atoms with Gasteiger partial charge in [-0.2, -0.15) is 0 Å². The Balaban J connectivity index is 2.17. The number of nitrogens with two attached hydrogens (primary N) is 1. The lowest BCUT2D eigenvalue weighted by Crippen LogP contribution is -2.29. The molecule has 0 bridgehead atoms. The van der Waals surface area contributed by atoms with Gasteiger partial charge in [0, 0.05) is 30.1 Å². The maximum atomic E-state index is 5.91. The zero-order valence-electron chi connectivity index (χ0n) is 11.2. The first kappa shape index (κ1) is 13.8. The first-order chi connectivity index (χ1) is 8.58. The van der Waals surface area contributed by atoms with Gasteiger partial charge in [0.25, 0.3) is 0 Å². The Morgan fingerprint density at radius 2 is 2.00 bits per heavy atom. The summed E-state index contributed by atoms with van der Waals surface area (Å²) in [6, 6.07) is 6.56. The van der Waals surface area contributed by atoms with E-state index in [4.69, 9.17) is 5.73 Å². The van der Waals surface area contributed by atoms with Crippen LogP contribution < -0.4 is 10.6 Å². The number of anilines is 1. The molecule has 0 unspecified atom stereocenters. The van der Waals surface area contributed by atoms with E-state index >= 15 is 0 Å². The average molecular weight is 312 g/mol. The first-order valence-corrected chi connectivity index (χ1v) is 7.36. The van der Waals surface area contributed by atoms with E-state index in [0.717, 1.165) is 24.1 Å². The Bertz CT molecular complexity index is 406. The summed E-state index contributed by atoms with van der Waals surface area (Å²) in [4.78, 5) is 4.85. The third-order valence-electron chi connectivity index (χ3n) is 3.56. The van der Waals surface area contributed by atoms with Crippen molar-refractivity contribution in [1.82, 2.24) is 4.90 Å². The maximum Gasteiger partial charge on any atom is 0.0511 e. The molecule has 0 saturated carbocycles. The van der Waals surface area contributed by atoms with E-state index in [0.29, 0.717) is 0 Å². The van der Waals surface area contributed by atoms with Crippen molar-refractivity contribution in [2.45, 2.75) is 19.4 Å². The van der Waals surface area contributed by atoms with Crippen LogP contribution in [0.15, 0.2) is 22.7 Å². The summed E-state index contributed by atoms with van der Waals surface area (Å²) in [5.74, 6) is 0. The lowest BCUT2D eigenvalue weighted by atomic mass is 10.1. The SMILES string of the molecule is C[C@H](N)c1ccc(N2CCCN(C)CC2)c(Br)c1. The van der Waals surface area contributed by atoms with Gasteiger partial charge in [-0.15, -0.1) is 0 Å². The van der Waals surface area contributed by atoms with Gasteiger partial charge in [-0.1, -0.05) is 6.07 Å². The predicted molar refractivity (Wildman–Crippen MR) is 81.1 cm³/mol. The quantitative estimate of drug-likeness (QED) is 0.911. The normalized spacial score (nSPS) is 19.7. The fourth-order valence-corrected chi connectivity index (χ4v) is 3.00. The van der Waals surface area contributed by atoms with Gasteiger partial charge in [-0.3, -0.25) is 0 Å². The minimum absolute atomic E-state index is 0.0885. The summed E-state index contributed by atoms with van der Waals surface area (Å²) in [6.45, 7) is 6.54. The summed E-state index contributed by atoms with van der Waals surface area (Å²) < 4.78 is 1.15. The molecule has 18 heavy (non-hydrogen) atoms. The van der Waals surface area contributed by atoms with Crippen LogP contribution in [0.1, 0.15) is 24.9 Å². The molecule has 0 aliphatic carbocycles. The van der Waals surface area contributed by atoms with Crippen molar-refractivity contribution in [3.05, 3.63) is 28.2 Å². The molecule has 1 atom stereocenters. The van der Waals surface area contributed by atoms with E-state index in [1.54, 1.807) is 0 Å². The third kappa shape index (κ3) is 3.25. The first-order valence-electron chi connectivity index (χ1n) is 6.56. The van der Waals surface area contributed by atoms with Crippen molar-refractivity contribution < 1.29 is 0 Å². The van der Waals surface area contributed by atoms with Gasteiger partial charge in [-0.25, -0.2) is 0 Å². The highest BCUT2D eigenvalue weighted by atomic mass is 79.9. The van der Waals surface area contributed by atoms with Gasteiger partial charge in [0.05, 0.1) is 5.69 Å². The molecular formula is C14H22BrN3. The van der Waals surface area contributed by atoms with Crippen molar-refractivity contribution in [2.24, 2.45) is 5.73 Å². The number of benzene rings is 1. The second-order valence-corrected chi connectivity index (χ2v) is 6.00. The average Bonchev–Trinajstić information content (AvgIpc) is 2.54. The minimum atomic E-state index is 0.0885. The van der Waals surface area contributed by atoms with Gasteiger partial charge >= 0.3 is 0 Å². The van der Waals surface area contributed by atoms with Crippen LogP contribution in [-0.4, -0.2) is 38.1 Å². The zero-order chi connectivity index (χ0) is 13.1. The van der Waals surface area contributed by atoms with Crippen LogP contribution in [0.4, 0.5) is 5.69 Å². The van der Waals surface area contributed by atoms with E-state index in [2.05, 4.69) is 51.0 Å². The fourth-order valence-electron chi connectivity index (χ4n) is 2.35. The Morgan fingerprint density at radius 1 is 1.22 bits per heavy atom. The second kappa shape index (κ2) is 6.04. The molecule has 0 amide bonds. The lowest BCUT2D eigenvalue weighted by molar-refractivity contribution is 0.360. The standard InChI is InChI=1S/C14H22BrN3/c1-11(16)12-4-5-14(13(15)10-12)18-7-3-6-17(2)8-9-18/h4-5,10-11H,3,6-9,16H2,1-2H3/t11-/m0/s1. The number of halogens is 1. The van der Waals surface area contributed by atoms with Crippen LogP contribution in [0.5, 0.6) is 0 Å². The van der Waals surface area contributed by atoms with Crippen LogP contribution in [0.25, 0.3) is 0 Å². The molecular weight excluding hydrogens is 290 g/mol. The number of hydrogen-bond donors (Lipinski definition) is 1. The molecule has 1 aliphatic rings. The summed E-state index contributed by atoms with van der Waals surface area (Å²) in [6.07, 6.45) is 1.22. The Kier molecular flexibility index (Phi) is 4.65. The van der Waals surface area contributed by atoms with Gasteiger partial charge < -0.3 is 15.5 Å². The van der Waals surface area contributed by atoms with Crippen molar-refractivity contribution in [2.75, 3.05) is 38.1 Å². The molecule has 1 aromatic rings. The van der Waals surface area contributed by atoms with Gasteiger partial charge in [0.15, 0.2) is 0 Å². The smallest absolute Gasteiger partial charge is 0.0511 e. The lowest BCUT2D eigenvalue weighted by Gasteiger charge is -2.24. The number of hydrogen-bond acceptors (Lipinski definition) is 3. The molecule has 2 N–H and O–H groups in total. The maximum absolute atomic E-state index is 5.91. The zero-order valence-corrected chi connectivity index (χ0v) is 12.8. The van der Waals surface area contributed by atoms with Crippen molar-refractivity contribution in [3.8, 4) is 0 Å². The van der Waals surface area contributed by atoms with Crippen LogP contribution in [0.3, 0.4) is 0 Å². The topological polar surface area (TPSA) is 32.5 Å². The third-order valence-corrected chi connectivity index (χ3v) is 4.19. The second-order valence-electron chi connectivity index (χ2n) is 5.14. The van der Waals surface area contributed by atoms with E-state index in [9.17, 15) is 0 Å². The van der Waals surface area contributed by atoms with Crippen molar-refractivity contribution >= 4 is 21.6 Å². The predicted octanol–water partition coefficient (Wildman–Crippen LogP) is 2.61. The van der Waals surface area contributed by atoms with E-state index in [-0.39, 0.29) is 6.04 Å². The molecule has 0 aromatic heterocycles. The van der Waals surface area contributed by atoms with Crippen LogP contribution in [-0.2, 0) is 0 Å². The van der Waals surface area contributed by atoms with Crippen LogP contribution in [0.2, 0.25) is 0 Å². The molecule has 100 valence electrons. The Morgan fingerprint density at radius 3 is 2.67 bits per heavy atom. The monoisotopic (exact) mass is 311 g/mol. The molecule has 1 fully saturated rings. The molecule has 0 spiro atoms. The van der Waals surface area contributed by atoms with Crippen molar-refractivity contribution in [3.63, 3.8) is 0 Å². The summed E-state index contributed by atoms with van der Waals surface area (Å²) in [5, 5.41) is 0. The van der Waals surface area contributed by atoms with Gasteiger partial charge in [0.2, 0.25) is 0 Å². The molecule has 1 aliphatic heterocycles. The van der Waals surface area contributed by atoms with E-state index in [1.807, 2.05) is 6.92 Å². The highest BCUT2D eigenvalue weighted by Crippen LogP contribution is 2.29. The molecule has 1 saturated heterocycles.